The van der Waals surface area contributed by atoms with Gasteiger partial charge in [-0.2, -0.15) is 0 Å². The molecule has 9 nitrogen and oxygen atoms in total. The van der Waals surface area contributed by atoms with E-state index in [-0.39, 0.29) is 25.9 Å². The first-order valence-corrected chi connectivity index (χ1v) is 11.8. The van der Waals surface area contributed by atoms with E-state index in [1.807, 2.05) is 48.5 Å². The number of amides is 3. The number of hydroxylamine groups is 2. The van der Waals surface area contributed by atoms with Gasteiger partial charge in [0, 0.05) is 19.3 Å². The number of rotatable bonds is 10. The van der Waals surface area contributed by atoms with Gasteiger partial charge in [0.25, 0.3) is 11.8 Å². The molecule has 3 aromatic rings. The lowest BCUT2D eigenvalue weighted by Crippen LogP contribution is -2.46. The molecule has 0 aliphatic carbocycles. The molecule has 1 aliphatic heterocycles. The molecule has 1 aliphatic rings. The Bertz CT molecular complexity index is 1210. The Morgan fingerprint density at radius 2 is 1.32 bits per heavy atom. The number of alkyl carbamates (subject to hydrolysis) is 1. The minimum Gasteiger partial charge on any atom is -0.489 e. The highest BCUT2D eigenvalue weighted by Crippen LogP contribution is 2.17. The summed E-state index contributed by atoms with van der Waals surface area (Å²) in [5.74, 6) is -1.53. The van der Waals surface area contributed by atoms with Crippen LogP contribution in [0.25, 0.3) is 0 Å². The van der Waals surface area contributed by atoms with Gasteiger partial charge in [0.2, 0.25) is 0 Å². The molecule has 9 heteroatoms. The zero-order valence-electron chi connectivity index (χ0n) is 20.0. The number of imide groups is 1. The Hall–Kier alpha value is -4.66. The molecule has 0 saturated carbocycles. The molecule has 4 rings (SSSR count). The van der Waals surface area contributed by atoms with Crippen molar-refractivity contribution in [3.05, 3.63) is 102 Å². The first-order valence-electron chi connectivity index (χ1n) is 11.8. The highest BCUT2D eigenvalue weighted by Gasteiger charge is 2.35. The lowest BCUT2D eigenvalue weighted by Gasteiger charge is -2.20. The van der Waals surface area contributed by atoms with Crippen LogP contribution in [0.15, 0.2) is 84.9 Å². The summed E-state index contributed by atoms with van der Waals surface area (Å²) in [6.45, 7) is 0.410. The lowest BCUT2D eigenvalue weighted by molar-refractivity contribution is -0.198. The topological polar surface area (TPSA) is 111 Å². The van der Waals surface area contributed by atoms with Crippen LogP contribution in [0.3, 0.4) is 0 Å². The lowest BCUT2D eigenvalue weighted by atomic mass is 10.1. The summed E-state index contributed by atoms with van der Waals surface area (Å²) in [6.07, 6.45) is -0.872. The van der Waals surface area contributed by atoms with Crippen molar-refractivity contribution in [1.82, 2.24) is 10.4 Å². The van der Waals surface area contributed by atoms with Crippen molar-refractivity contribution in [2.75, 3.05) is 0 Å². The molecule has 1 saturated heterocycles. The molecule has 1 heterocycles. The van der Waals surface area contributed by atoms with Crippen LogP contribution < -0.4 is 10.1 Å². The van der Waals surface area contributed by atoms with Gasteiger partial charge < -0.3 is 19.6 Å². The fraction of sp³-hybridized carbons (Fsp3) is 0.214. The molecule has 1 atom stereocenters. The SMILES string of the molecule is O=C(NC(Cc1ccc(OCc2ccccc2)cc1)C(=O)ON1C(=O)CCC1=O)OCc1ccccc1. The number of ether oxygens (including phenoxy) is 2. The summed E-state index contributed by atoms with van der Waals surface area (Å²) in [6, 6.07) is 24.6. The predicted molar refractivity (Wildman–Crippen MR) is 132 cm³/mol. The number of nitrogens with zero attached hydrogens (tertiary/aromatic N) is 1. The number of nitrogens with one attached hydrogen (secondary N) is 1. The third-order valence-electron chi connectivity index (χ3n) is 5.59. The van der Waals surface area contributed by atoms with Gasteiger partial charge >= 0.3 is 12.1 Å². The number of carbonyl (C=O) groups is 4. The number of carbonyl (C=O) groups excluding carboxylic acids is 4. The summed E-state index contributed by atoms with van der Waals surface area (Å²) in [7, 11) is 0. The maximum Gasteiger partial charge on any atom is 0.408 e. The second kappa shape index (κ2) is 12.3. The molecule has 0 aromatic heterocycles. The van der Waals surface area contributed by atoms with E-state index in [9.17, 15) is 19.2 Å². The largest absolute Gasteiger partial charge is 0.489 e. The second-order valence-electron chi connectivity index (χ2n) is 8.37. The van der Waals surface area contributed by atoms with Crippen molar-refractivity contribution in [3.8, 4) is 5.75 Å². The summed E-state index contributed by atoms with van der Waals surface area (Å²) in [4.78, 5) is 54.1. The second-order valence-corrected chi connectivity index (χ2v) is 8.37. The molecule has 37 heavy (non-hydrogen) atoms. The summed E-state index contributed by atoms with van der Waals surface area (Å²) >= 11 is 0. The zero-order chi connectivity index (χ0) is 26.0. The van der Waals surface area contributed by atoms with E-state index in [2.05, 4.69) is 5.32 Å². The van der Waals surface area contributed by atoms with Gasteiger partial charge in [-0.25, -0.2) is 9.59 Å². The van der Waals surface area contributed by atoms with Crippen LogP contribution in [0.2, 0.25) is 0 Å². The Labute approximate surface area is 213 Å². The summed E-state index contributed by atoms with van der Waals surface area (Å²) in [5.41, 5.74) is 2.49. The Kier molecular flexibility index (Phi) is 8.49. The molecule has 190 valence electrons. The maximum atomic E-state index is 12.9. The molecule has 3 amide bonds. The third kappa shape index (κ3) is 7.41. The molecule has 1 N–H and O–H groups in total. The first-order chi connectivity index (χ1) is 18.0. The smallest absolute Gasteiger partial charge is 0.408 e. The minimum absolute atomic E-state index is 0.00495. The molecule has 0 spiro atoms. The third-order valence-corrected chi connectivity index (χ3v) is 5.59. The van der Waals surface area contributed by atoms with Crippen molar-refractivity contribution in [2.45, 2.75) is 38.5 Å². The van der Waals surface area contributed by atoms with Gasteiger partial charge in [-0.05, 0) is 28.8 Å². The van der Waals surface area contributed by atoms with Crippen molar-refractivity contribution in [2.24, 2.45) is 0 Å². The quantitative estimate of drug-likeness (QED) is 0.421. The Balaban J connectivity index is 1.39. The zero-order valence-corrected chi connectivity index (χ0v) is 20.0. The Morgan fingerprint density at radius 1 is 0.757 bits per heavy atom. The Morgan fingerprint density at radius 3 is 1.92 bits per heavy atom. The van der Waals surface area contributed by atoms with Crippen LogP contribution in [0.1, 0.15) is 29.5 Å². The molecular weight excluding hydrogens is 476 g/mol. The molecular formula is C28H26N2O7. The van der Waals surface area contributed by atoms with Crippen LogP contribution in [-0.2, 0) is 43.6 Å². The standard InChI is InChI=1S/C28H26N2O7/c31-25-15-16-26(32)30(25)37-27(33)24(29-28(34)36-19-22-9-5-2-6-10-22)17-20-11-13-23(14-12-20)35-18-21-7-3-1-4-8-21/h1-14,24H,15-19H2,(H,29,34). The van der Waals surface area contributed by atoms with Crippen molar-refractivity contribution < 1.29 is 33.5 Å². The monoisotopic (exact) mass is 502 g/mol. The number of hydrogen-bond acceptors (Lipinski definition) is 7. The number of hydrogen-bond donors (Lipinski definition) is 1. The van der Waals surface area contributed by atoms with E-state index in [0.717, 1.165) is 11.1 Å². The van der Waals surface area contributed by atoms with Crippen molar-refractivity contribution in [1.29, 1.82) is 0 Å². The molecule has 0 bridgehead atoms. The normalized spacial score (nSPS) is 13.7. The van der Waals surface area contributed by atoms with E-state index in [1.54, 1.807) is 36.4 Å². The highest BCUT2D eigenvalue weighted by molar-refractivity contribution is 6.01. The van der Waals surface area contributed by atoms with Gasteiger partial charge in [-0.1, -0.05) is 72.8 Å². The van der Waals surface area contributed by atoms with E-state index in [4.69, 9.17) is 14.3 Å². The summed E-state index contributed by atoms with van der Waals surface area (Å²) < 4.78 is 11.0. The average molecular weight is 503 g/mol. The first kappa shape index (κ1) is 25.4. The van der Waals surface area contributed by atoms with E-state index in [1.165, 1.54) is 0 Å². The van der Waals surface area contributed by atoms with Crippen LogP contribution in [0.4, 0.5) is 4.79 Å². The molecule has 3 aromatic carbocycles. The van der Waals surface area contributed by atoms with Crippen LogP contribution in [-0.4, -0.2) is 35.0 Å². The molecule has 1 unspecified atom stereocenters. The van der Waals surface area contributed by atoms with Gasteiger partial charge in [0.1, 0.15) is 25.0 Å². The predicted octanol–water partition coefficient (Wildman–Crippen LogP) is 3.71. The number of benzene rings is 3. The maximum absolute atomic E-state index is 12.9. The minimum atomic E-state index is -1.21. The fourth-order valence-corrected chi connectivity index (χ4v) is 3.61. The fourth-order valence-electron chi connectivity index (χ4n) is 3.61. The average Bonchev–Trinajstić information content (AvgIpc) is 3.24. The molecule has 1 fully saturated rings. The van der Waals surface area contributed by atoms with Crippen LogP contribution in [0.5, 0.6) is 5.75 Å². The highest BCUT2D eigenvalue weighted by atomic mass is 16.7. The van der Waals surface area contributed by atoms with Crippen LogP contribution >= 0.6 is 0 Å². The van der Waals surface area contributed by atoms with Crippen molar-refractivity contribution >= 4 is 23.9 Å². The van der Waals surface area contributed by atoms with E-state index >= 15 is 0 Å². The van der Waals surface area contributed by atoms with Gasteiger partial charge in [0.05, 0.1) is 0 Å². The van der Waals surface area contributed by atoms with Gasteiger partial charge in [0.15, 0.2) is 0 Å². The van der Waals surface area contributed by atoms with Gasteiger partial charge in [-0.3, -0.25) is 9.59 Å². The van der Waals surface area contributed by atoms with Gasteiger partial charge in [-0.15, -0.1) is 5.06 Å². The van der Waals surface area contributed by atoms with E-state index < -0.39 is 29.9 Å². The molecule has 0 radical (unpaired) electrons. The summed E-state index contributed by atoms with van der Waals surface area (Å²) in [5, 5.41) is 2.94. The van der Waals surface area contributed by atoms with Crippen LogP contribution in [0, 0.1) is 0 Å². The van der Waals surface area contributed by atoms with E-state index in [0.29, 0.717) is 23.0 Å². The van der Waals surface area contributed by atoms with Crippen molar-refractivity contribution in [3.63, 3.8) is 0 Å².